The van der Waals surface area contributed by atoms with Crippen molar-refractivity contribution >= 4 is 0 Å². The molecule has 0 aromatic rings. The topological polar surface area (TPSA) is 0 Å². The maximum absolute atomic E-state index is 4.26. The Morgan fingerprint density at radius 2 is 0.500 bits per heavy atom. The van der Waals surface area contributed by atoms with Crippen LogP contribution in [0, 0.1) is 12.8 Å². The van der Waals surface area contributed by atoms with Gasteiger partial charge in [0.15, 0.2) is 0 Å². The third-order valence-electron chi connectivity index (χ3n) is 8.59. The van der Waals surface area contributed by atoms with Crippen molar-refractivity contribution in [1.82, 2.24) is 0 Å². The summed E-state index contributed by atoms with van der Waals surface area (Å²) in [6.07, 6.45) is 46.6. The van der Waals surface area contributed by atoms with Crippen LogP contribution in [0.3, 0.4) is 0 Å². The summed E-state index contributed by atoms with van der Waals surface area (Å²) in [7, 11) is 0. The van der Waals surface area contributed by atoms with Crippen molar-refractivity contribution in [3.8, 4) is 0 Å². The number of rotatable bonds is 32. The molecule has 0 aliphatic carbocycles. The van der Waals surface area contributed by atoms with Gasteiger partial charge in [-0.3, -0.25) is 0 Å². The third-order valence-corrected chi connectivity index (χ3v) is 8.59. The zero-order chi connectivity index (χ0) is 26.2. The molecule has 217 valence electrons. The van der Waals surface area contributed by atoms with E-state index >= 15 is 0 Å². The van der Waals surface area contributed by atoms with Gasteiger partial charge < -0.3 is 0 Å². The molecule has 0 aromatic heterocycles. The van der Waals surface area contributed by atoms with Crippen LogP contribution in [-0.4, -0.2) is 0 Å². The van der Waals surface area contributed by atoms with E-state index in [1.807, 2.05) is 0 Å². The van der Waals surface area contributed by atoms with E-state index in [1.54, 1.807) is 0 Å². The molecule has 0 rings (SSSR count). The Hall–Kier alpha value is 0. The molecule has 0 N–H and O–H groups in total. The lowest BCUT2D eigenvalue weighted by atomic mass is 9.92. The summed E-state index contributed by atoms with van der Waals surface area (Å²) in [5.74, 6) is 0.907. The SMILES string of the molecule is [CH2]CC(CCCCCCCCCCCCCCCC)CCCCCCCCCCCCCCCCC. The van der Waals surface area contributed by atoms with Gasteiger partial charge in [-0.25, -0.2) is 0 Å². The molecule has 0 aliphatic heterocycles. The Morgan fingerprint density at radius 1 is 0.306 bits per heavy atom. The fraction of sp³-hybridized carbons (Fsp3) is 0.972. The molecule has 0 fully saturated rings. The summed E-state index contributed by atoms with van der Waals surface area (Å²) >= 11 is 0. The molecular weight excluding hydrogens is 432 g/mol. The molecule has 0 saturated carbocycles. The predicted octanol–water partition coefficient (Wildman–Crippen LogP) is 14.0. The quantitative estimate of drug-likeness (QED) is 0.0797. The van der Waals surface area contributed by atoms with Crippen LogP contribution in [0.15, 0.2) is 0 Å². The van der Waals surface area contributed by atoms with Crippen LogP contribution in [0.5, 0.6) is 0 Å². The Bertz CT molecular complexity index is 359. The summed E-state index contributed by atoms with van der Waals surface area (Å²) in [5.41, 5.74) is 0. The summed E-state index contributed by atoms with van der Waals surface area (Å²) < 4.78 is 0. The van der Waals surface area contributed by atoms with Gasteiger partial charge in [-0.1, -0.05) is 226 Å². The standard InChI is InChI=1S/C36H73/c1-4-7-9-11-13-15-17-19-21-23-25-27-29-31-33-35-36(6-3)34-32-30-28-26-24-22-20-18-16-14-12-10-8-5-2/h36H,3-35H2,1-2H3. The Labute approximate surface area is 232 Å². The minimum Gasteiger partial charge on any atom is -0.0654 e. The van der Waals surface area contributed by atoms with Crippen LogP contribution < -0.4 is 0 Å². The summed E-state index contributed by atoms with van der Waals surface area (Å²) in [6, 6.07) is 0. The van der Waals surface area contributed by atoms with Crippen LogP contribution in [0.25, 0.3) is 0 Å². The second-order valence-corrected chi connectivity index (χ2v) is 12.3. The Balaban J connectivity index is 3.25. The van der Waals surface area contributed by atoms with E-state index < -0.39 is 0 Å². The molecule has 0 saturated heterocycles. The van der Waals surface area contributed by atoms with Crippen LogP contribution in [0.1, 0.15) is 219 Å². The Kier molecular flexibility index (Phi) is 33.0. The van der Waals surface area contributed by atoms with Crippen LogP contribution in [-0.2, 0) is 0 Å². The highest BCUT2D eigenvalue weighted by atomic mass is 14.1. The molecule has 0 spiro atoms. The van der Waals surface area contributed by atoms with Crippen molar-refractivity contribution in [1.29, 1.82) is 0 Å². The molecule has 0 heterocycles. The van der Waals surface area contributed by atoms with Gasteiger partial charge in [-0.05, 0) is 5.92 Å². The van der Waals surface area contributed by atoms with Crippen molar-refractivity contribution in [2.24, 2.45) is 5.92 Å². The first-order valence-electron chi connectivity index (χ1n) is 17.6. The van der Waals surface area contributed by atoms with Crippen molar-refractivity contribution in [2.75, 3.05) is 0 Å². The average Bonchev–Trinajstić information content (AvgIpc) is 2.89. The highest BCUT2D eigenvalue weighted by Crippen LogP contribution is 2.22. The van der Waals surface area contributed by atoms with Gasteiger partial charge in [0.2, 0.25) is 0 Å². The summed E-state index contributed by atoms with van der Waals surface area (Å²) in [4.78, 5) is 0. The van der Waals surface area contributed by atoms with Gasteiger partial charge >= 0.3 is 0 Å². The van der Waals surface area contributed by atoms with Gasteiger partial charge in [0.1, 0.15) is 0 Å². The number of hydrogen-bond donors (Lipinski definition) is 0. The second kappa shape index (κ2) is 33.0. The highest BCUT2D eigenvalue weighted by Gasteiger charge is 2.06. The van der Waals surface area contributed by atoms with Crippen molar-refractivity contribution in [2.45, 2.75) is 219 Å². The van der Waals surface area contributed by atoms with Crippen LogP contribution in [0.4, 0.5) is 0 Å². The van der Waals surface area contributed by atoms with Crippen LogP contribution in [0.2, 0.25) is 0 Å². The number of unbranched alkanes of at least 4 members (excludes halogenated alkanes) is 27. The highest BCUT2D eigenvalue weighted by molar-refractivity contribution is 4.62. The average molecular weight is 506 g/mol. The predicted molar refractivity (Wildman–Crippen MR) is 168 cm³/mol. The zero-order valence-corrected chi connectivity index (χ0v) is 25.9. The molecule has 1 atom stereocenters. The minimum atomic E-state index is 0.907. The largest absolute Gasteiger partial charge is 0.0654 e. The monoisotopic (exact) mass is 506 g/mol. The summed E-state index contributed by atoms with van der Waals surface area (Å²) in [5, 5.41) is 0. The fourth-order valence-electron chi connectivity index (χ4n) is 5.86. The Morgan fingerprint density at radius 3 is 0.694 bits per heavy atom. The molecule has 0 amide bonds. The maximum Gasteiger partial charge on any atom is -0.0414 e. The molecule has 1 unspecified atom stereocenters. The smallest absolute Gasteiger partial charge is 0.0414 e. The van der Waals surface area contributed by atoms with E-state index in [4.69, 9.17) is 0 Å². The van der Waals surface area contributed by atoms with E-state index in [1.165, 1.54) is 199 Å². The van der Waals surface area contributed by atoms with Gasteiger partial charge in [0.25, 0.3) is 0 Å². The van der Waals surface area contributed by atoms with Gasteiger partial charge in [-0.15, -0.1) is 0 Å². The van der Waals surface area contributed by atoms with Gasteiger partial charge in [0.05, 0.1) is 0 Å². The molecule has 1 radical (unpaired) electrons. The van der Waals surface area contributed by atoms with E-state index in [2.05, 4.69) is 20.8 Å². The zero-order valence-electron chi connectivity index (χ0n) is 25.9. The van der Waals surface area contributed by atoms with E-state index in [0.717, 1.165) is 12.3 Å². The third kappa shape index (κ3) is 30.2. The van der Waals surface area contributed by atoms with E-state index in [-0.39, 0.29) is 0 Å². The molecule has 36 heavy (non-hydrogen) atoms. The fourth-order valence-corrected chi connectivity index (χ4v) is 5.86. The first-order chi connectivity index (χ1) is 17.8. The molecule has 0 aliphatic rings. The number of hydrogen-bond acceptors (Lipinski definition) is 0. The van der Waals surface area contributed by atoms with Gasteiger partial charge in [0, 0.05) is 0 Å². The second-order valence-electron chi connectivity index (χ2n) is 12.3. The first-order valence-corrected chi connectivity index (χ1v) is 17.6. The summed E-state index contributed by atoms with van der Waals surface area (Å²) in [6.45, 7) is 8.87. The molecule has 0 bridgehead atoms. The normalized spacial score (nSPS) is 12.4. The molecule has 0 aromatic carbocycles. The first kappa shape index (κ1) is 36.0. The minimum absolute atomic E-state index is 0.907. The lowest BCUT2D eigenvalue weighted by Gasteiger charge is -2.14. The molecular formula is C36H73. The van der Waals surface area contributed by atoms with Gasteiger partial charge in [-0.2, -0.15) is 0 Å². The van der Waals surface area contributed by atoms with Crippen molar-refractivity contribution < 1.29 is 0 Å². The van der Waals surface area contributed by atoms with Crippen molar-refractivity contribution in [3.63, 3.8) is 0 Å². The maximum atomic E-state index is 4.26. The lowest BCUT2D eigenvalue weighted by molar-refractivity contribution is 0.404. The van der Waals surface area contributed by atoms with E-state index in [0.29, 0.717) is 0 Å². The molecule has 0 heteroatoms. The van der Waals surface area contributed by atoms with Crippen molar-refractivity contribution in [3.05, 3.63) is 6.92 Å². The van der Waals surface area contributed by atoms with E-state index in [9.17, 15) is 0 Å². The lowest BCUT2D eigenvalue weighted by Crippen LogP contribution is -1.99. The molecule has 0 nitrogen and oxygen atoms in total. The van der Waals surface area contributed by atoms with Crippen LogP contribution >= 0.6 is 0 Å².